The first-order valence-corrected chi connectivity index (χ1v) is 12.7. The molecule has 0 aliphatic carbocycles. The lowest BCUT2D eigenvalue weighted by atomic mass is 9.93. The second-order valence-electron chi connectivity index (χ2n) is 8.15. The van der Waals surface area contributed by atoms with Gasteiger partial charge in [0.15, 0.2) is 0 Å². The van der Waals surface area contributed by atoms with Crippen molar-refractivity contribution >= 4 is 38.9 Å². The van der Waals surface area contributed by atoms with Gasteiger partial charge < -0.3 is 14.6 Å². The molecule has 1 aliphatic heterocycles. The van der Waals surface area contributed by atoms with E-state index in [1.807, 2.05) is 23.9 Å². The summed E-state index contributed by atoms with van der Waals surface area (Å²) < 4.78 is 32.6. The number of anilines is 2. The fourth-order valence-corrected chi connectivity index (χ4v) is 4.69. The normalized spacial score (nSPS) is 14.8. The zero-order valence-electron chi connectivity index (χ0n) is 18.3. The second kappa shape index (κ2) is 9.54. The van der Waals surface area contributed by atoms with Crippen molar-refractivity contribution in [2.45, 2.75) is 18.8 Å². The molecule has 0 spiro atoms. The van der Waals surface area contributed by atoms with Crippen LogP contribution in [0.5, 0.6) is 0 Å². The summed E-state index contributed by atoms with van der Waals surface area (Å²) in [5.74, 6) is 0.123. The molecule has 3 aromatic rings. The molecule has 10 heteroatoms. The molecular weight excluding hydrogens is 464 g/mol. The van der Waals surface area contributed by atoms with Crippen molar-refractivity contribution in [3.63, 3.8) is 0 Å². The van der Waals surface area contributed by atoms with Crippen LogP contribution < -0.4 is 10.0 Å². The van der Waals surface area contributed by atoms with Crippen molar-refractivity contribution in [3.05, 3.63) is 64.9 Å². The molecular formula is C23H25ClN4O4S. The third-order valence-corrected chi connectivity index (χ3v) is 6.29. The van der Waals surface area contributed by atoms with E-state index in [0.29, 0.717) is 22.2 Å². The molecule has 0 atom stereocenters. The van der Waals surface area contributed by atoms with Crippen LogP contribution in [0.3, 0.4) is 0 Å². The maximum absolute atomic E-state index is 12.8. The Hall–Kier alpha value is -2.88. The van der Waals surface area contributed by atoms with Gasteiger partial charge in [-0.25, -0.2) is 8.42 Å². The van der Waals surface area contributed by atoms with Crippen molar-refractivity contribution in [1.82, 2.24) is 9.55 Å². The second-order valence-corrected chi connectivity index (χ2v) is 10.3. The van der Waals surface area contributed by atoms with Gasteiger partial charge in [0.25, 0.3) is 5.91 Å². The van der Waals surface area contributed by atoms with Crippen LogP contribution in [0.2, 0.25) is 5.02 Å². The number of nitrogens with zero attached hydrogens (tertiary/aromatic N) is 2. The quantitative estimate of drug-likeness (QED) is 0.539. The Bertz CT molecular complexity index is 1270. The summed E-state index contributed by atoms with van der Waals surface area (Å²) in [6.07, 6.45) is 6.67. The van der Waals surface area contributed by atoms with Gasteiger partial charge in [0.2, 0.25) is 10.0 Å². The van der Waals surface area contributed by atoms with Crippen LogP contribution in [0, 0.1) is 0 Å². The molecule has 4 rings (SSSR count). The lowest BCUT2D eigenvalue weighted by Crippen LogP contribution is -2.14. The lowest BCUT2D eigenvalue weighted by molar-refractivity contribution is 0.0853. The zero-order valence-corrected chi connectivity index (χ0v) is 19.9. The fraction of sp³-hybridized carbons (Fsp3) is 0.304. The van der Waals surface area contributed by atoms with Crippen molar-refractivity contribution in [3.8, 4) is 11.4 Å². The van der Waals surface area contributed by atoms with Crippen LogP contribution >= 0.6 is 11.6 Å². The molecule has 1 saturated heterocycles. The number of ether oxygens (including phenoxy) is 1. The van der Waals surface area contributed by atoms with E-state index in [4.69, 9.17) is 16.3 Å². The molecule has 1 aliphatic rings. The maximum atomic E-state index is 12.8. The van der Waals surface area contributed by atoms with Gasteiger partial charge in [-0.2, -0.15) is 0 Å². The van der Waals surface area contributed by atoms with Crippen LogP contribution in [0.25, 0.3) is 11.4 Å². The van der Waals surface area contributed by atoms with E-state index < -0.39 is 10.0 Å². The Morgan fingerprint density at radius 2 is 1.88 bits per heavy atom. The summed E-state index contributed by atoms with van der Waals surface area (Å²) in [5, 5.41) is 3.06. The molecule has 0 bridgehead atoms. The van der Waals surface area contributed by atoms with Gasteiger partial charge >= 0.3 is 0 Å². The minimum Gasteiger partial charge on any atom is -0.381 e. The first-order chi connectivity index (χ1) is 15.7. The molecule has 3 heterocycles. The molecule has 174 valence electrons. The van der Waals surface area contributed by atoms with Crippen molar-refractivity contribution in [1.29, 1.82) is 0 Å². The molecule has 1 fully saturated rings. The molecule has 1 aromatic carbocycles. The van der Waals surface area contributed by atoms with Crippen LogP contribution in [-0.2, 0) is 21.8 Å². The Balaban J connectivity index is 1.51. The molecule has 0 unspecified atom stereocenters. The number of aryl methyl sites for hydroxylation is 1. The third kappa shape index (κ3) is 5.93. The number of pyridine rings is 1. The number of sulfonamides is 1. The molecule has 2 aromatic heterocycles. The van der Waals surface area contributed by atoms with Gasteiger partial charge in [-0.3, -0.25) is 14.5 Å². The number of hydrogen-bond acceptors (Lipinski definition) is 5. The van der Waals surface area contributed by atoms with Crippen LogP contribution in [0.1, 0.15) is 34.7 Å². The predicted molar refractivity (Wildman–Crippen MR) is 129 cm³/mol. The van der Waals surface area contributed by atoms with Gasteiger partial charge in [-0.1, -0.05) is 17.7 Å². The molecule has 1 amide bonds. The number of amides is 1. The van der Waals surface area contributed by atoms with E-state index in [2.05, 4.69) is 21.1 Å². The molecule has 33 heavy (non-hydrogen) atoms. The van der Waals surface area contributed by atoms with Gasteiger partial charge in [0, 0.05) is 43.4 Å². The predicted octanol–water partition coefficient (Wildman–Crippen LogP) is 4.26. The number of hydrogen-bond donors (Lipinski definition) is 2. The van der Waals surface area contributed by atoms with E-state index in [1.165, 1.54) is 17.7 Å². The van der Waals surface area contributed by atoms with E-state index in [9.17, 15) is 13.2 Å². The Morgan fingerprint density at radius 1 is 1.15 bits per heavy atom. The number of halogens is 1. The number of rotatable bonds is 6. The highest BCUT2D eigenvalue weighted by Crippen LogP contribution is 2.29. The number of nitrogens with one attached hydrogen (secondary N) is 2. The average Bonchev–Trinajstić information content (AvgIpc) is 3.14. The van der Waals surface area contributed by atoms with Crippen LogP contribution in [0.15, 0.2) is 48.8 Å². The summed E-state index contributed by atoms with van der Waals surface area (Å²) in [5.41, 5.74) is 3.87. The van der Waals surface area contributed by atoms with Gasteiger partial charge in [0.1, 0.15) is 0 Å². The summed E-state index contributed by atoms with van der Waals surface area (Å²) in [6, 6.07) is 10.4. The van der Waals surface area contributed by atoms with Crippen LogP contribution in [-0.4, -0.2) is 43.3 Å². The van der Waals surface area contributed by atoms with Crippen molar-refractivity contribution < 1.29 is 17.9 Å². The van der Waals surface area contributed by atoms with E-state index in [0.717, 1.165) is 43.7 Å². The molecule has 8 nitrogen and oxygen atoms in total. The van der Waals surface area contributed by atoms with Crippen molar-refractivity contribution in [2.24, 2.45) is 7.05 Å². The Kier molecular flexibility index (Phi) is 6.73. The minimum absolute atomic E-state index is 0.267. The monoisotopic (exact) mass is 488 g/mol. The fourth-order valence-electron chi connectivity index (χ4n) is 3.91. The largest absolute Gasteiger partial charge is 0.381 e. The number of aromatic nitrogens is 2. The summed E-state index contributed by atoms with van der Waals surface area (Å²) in [6.45, 7) is 1.56. The minimum atomic E-state index is -3.47. The summed E-state index contributed by atoms with van der Waals surface area (Å²) >= 11 is 6.08. The van der Waals surface area contributed by atoms with Crippen LogP contribution in [0.4, 0.5) is 11.4 Å². The van der Waals surface area contributed by atoms with E-state index >= 15 is 0 Å². The Morgan fingerprint density at radius 3 is 2.55 bits per heavy atom. The number of carbonyl (C=O) groups excluding carboxylic acids is 1. The first-order valence-electron chi connectivity index (χ1n) is 10.5. The summed E-state index contributed by atoms with van der Waals surface area (Å²) in [4.78, 5) is 17.5. The smallest absolute Gasteiger partial charge is 0.257 e. The molecule has 2 N–H and O–H groups in total. The maximum Gasteiger partial charge on any atom is 0.257 e. The van der Waals surface area contributed by atoms with Gasteiger partial charge in [0.05, 0.1) is 28.9 Å². The average molecular weight is 489 g/mol. The highest BCUT2D eigenvalue weighted by atomic mass is 35.5. The topological polar surface area (TPSA) is 102 Å². The van der Waals surface area contributed by atoms with E-state index in [-0.39, 0.29) is 11.6 Å². The summed E-state index contributed by atoms with van der Waals surface area (Å²) in [7, 11) is -1.62. The molecule has 0 radical (unpaired) electrons. The highest BCUT2D eigenvalue weighted by Gasteiger charge is 2.18. The standard InChI is InChI=1S/C23H25ClN4O4S/c1-28-14-17(23(29)26-19-10-18(24)11-20(12-19)27-33(2,30)31)9-22(28)21-4-3-16(13-25-21)15-5-7-32-8-6-15/h3-4,9-15,27H,5-8H2,1-2H3,(H,26,29). The highest BCUT2D eigenvalue weighted by molar-refractivity contribution is 7.92. The zero-order chi connectivity index (χ0) is 23.6. The Labute approximate surface area is 198 Å². The number of benzene rings is 1. The van der Waals surface area contributed by atoms with Gasteiger partial charge in [-0.15, -0.1) is 0 Å². The van der Waals surface area contributed by atoms with Crippen molar-refractivity contribution in [2.75, 3.05) is 29.5 Å². The van der Waals surface area contributed by atoms with E-state index in [1.54, 1.807) is 18.3 Å². The first kappa shape index (κ1) is 23.3. The third-order valence-electron chi connectivity index (χ3n) is 5.47. The number of carbonyl (C=O) groups is 1. The SMILES string of the molecule is Cn1cc(C(=O)Nc2cc(Cl)cc(NS(C)(=O)=O)c2)cc1-c1ccc(C2CCOCC2)cn1. The van der Waals surface area contributed by atoms with Gasteiger partial charge in [-0.05, 0) is 54.7 Å². The molecule has 0 saturated carbocycles. The lowest BCUT2D eigenvalue weighted by Gasteiger charge is -2.22.